The lowest BCUT2D eigenvalue weighted by molar-refractivity contribution is 0.171. The van der Waals surface area contributed by atoms with Crippen LogP contribution >= 0.6 is 11.6 Å². The number of aryl methyl sites for hydroxylation is 1. The highest BCUT2D eigenvalue weighted by molar-refractivity contribution is 6.33. The van der Waals surface area contributed by atoms with Crippen LogP contribution in [0.15, 0.2) is 6.07 Å². The zero-order chi connectivity index (χ0) is 11.9. The van der Waals surface area contributed by atoms with Gasteiger partial charge in [0.2, 0.25) is 0 Å². The van der Waals surface area contributed by atoms with Gasteiger partial charge in [0.1, 0.15) is 13.2 Å². The van der Waals surface area contributed by atoms with Crippen LogP contribution < -0.4 is 15.2 Å². The molecule has 0 amide bonds. The Bertz CT molecular complexity index is 424. The molecule has 1 aliphatic rings. The summed E-state index contributed by atoms with van der Waals surface area (Å²) in [4.78, 5) is 0. The van der Waals surface area contributed by atoms with E-state index in [1.54, 1.807) is 0 Å². The molecule has 0 saturated heterocycles. The van der Waals surface area contributed by atoms with E-state index in [0.29, 0.717) is 29.7 Å². The number of halogens is 1. The van der Waals surface area contributed by atoms with Gasteiger partial charge >= 0.3 is 0 Å². The predicted octanol–water partition coefficient (Wildman–Crippen LogP) is 2.61. The summed E-state index contributed by atoms with van der Waals surface area (Å²) < 4.78 is 11.0. The fourth-order valence-corrected chi connectivity index (χ4v) is 2.60. The molecule has 0 bridgehead atoms. The molecule has 2 rings (SSSR count). The van der Waals surface area contributed by atoms with Gasteiger partial charge in [-0.15, -0.1) is 0 Å². The van der Waals surface area contributed by atoms with Crippen molar-refractivity contribution in [1.29, 1.82) is 0 Å². The minimum atomic E-state index is -0.489. The van der Waals surface area contributed by atoms with Crippen molar-refractivity contribution in [2.24, 2.45) is 5.73 Å². The smallest absolute Gasteiger partial charge is 0.180 e. The minimum Gasteiger partial charge on any atom is -0.486 e. The third-order valence-electron chi connectivity index (χ3n) is 2.62. The lowest BCUT2D eigenvalue weighted by Gasteiger charge is -2.27. The summed E-state index contributed by atoms with van der Waals surface area (Å²) >= 11 is 6.33. The topological polar surface area (TPSA) is 44.5 Å². The molecule has 0 unspecified atom stereocenters. The van der Waals surface area contributed by atoms with Gasteiger partial charge in [-0.1, -0.05) is 11.6 Å². The van der Waals surface area contributed by atoms with Crippen LogP contribution in [0, 0.1) is 6.92 Å². The van der Waals surface area contributed by atoms with Crippen LogP contribution in [-0.2, 0) is 5.54 Å². The third kappa shape index (κ3) is 1.85. The van der Waals surface area contributed by atoms with E-state index in [-0.39, 0.29) is 0 Å². The number of rotatable bonds is 1. The Morgan fingerprint density at radius 2 is 1.94 bits per heavy atom. The Balaban J connectivity index is 2.63. The zero-order valence-corrected chi connectivity index (χ0v) is 10.5. The molecule has 1 aromatic carbocycles. The van der Waals surface area contributed by atoms with E-state index in [2.05, 4.69) is 0 Å². The second kappa shape index (κ2) is 3.82. The van der Waals surface area contributed by atoms with Crippen molar-refractivity contribution in [3.05, 3.63) is 22.2 Å². The maximum absolute atomic E-state index is 6.33. The molecular formula is C12H16ClNO2. The molecule has 1 aromatic rings. The fraction of sp³-hybridized carbons (Fsp3) is 0.500. The molecule has 0 radical (unpaired) electrons. The summed E-state index contributed by atoms with van der Waals surface area (Å²) in [5, 5.41) is 0.571. The van der Waals surface area contributed by atoms with Crippen LogP contribution in [0.25, 0.3) is 0 Å². The number of ether oxygens (including phenoxy) is 2. The van der Waals surface area contributed by atoms with E-state index in [9.17, 15) is 0 Å². The second-order valence-corrected chi connectivity index (χ2v) is 5.01. The third-order valence-corrected chi connectivity index (χ3v) is 2.98. The molecule has 3 nitrogen and oxygen atoms in total. The summed E-state index contributed by atoms with van der Waals surface area (Å²) in [5.74, 6) is 1.33. The van der Waals surface area contributed by atoms with Gasteiger partial charge < -0.3 is 15.2 Å². The lowest BCUT2D eigenvalue weighted by Crippen LogP contribution is -2.30. The van der Waals surface area contributed by atoms with Crippen molar-refractivity contribution in [1.82, 2.24) is 0 Å². The molecule has 0 spiro atoms. The molecule has 1 heterocycles. The van der Waals surface area contributed by atoms with Crippen LogP contribution in [0.4, 0.5) is 0 Å². The normalized spacial score (nSPS) is 15.1. The highest BCUT2D eigenvalue weighted by Crippen LogP contribution is 2.44. The summed E-state index contributed by atoms with van der Waals surface area (Å²) in [5.41, 5.74) is 7.57. The van der Waals surface area contributed by atoms with Gasteiger partial charge in [0, 0.05) is 5.54 Å². The maximum atomic E-state index is 6.33. The van der Waals surface area contributed by atoms with E-state index in [0.717, 1.165) is 11.1 Å². The molecule has 0 atom stereocenters. The van der Waals surface area contributed by atoms with Gasteiger partial charge in [0.05, 0.1) is 5.02 Å². The van der Waals surface area contributed by atoms with E-state index >= 15 is 0 Å². The molecule has 0 aromatic heterocycles. The van der Waals surface area contributed by atoms with E-state index < -0.39 is 5.54 Å². The van der Waals surface area contributed by atoms with E-state index in [1.807, 2.05) is 26.8 Å². The summed E-state index contributed by atoms with van der Waals surface area (Å²) in [6, 6.07) is 1.93. The average Bonchev–Trinajstić information content (AvgIpc) is 2.15. The highest BCUT2D eigenvalue weighted by atomic mass is 35.5. The van der Waals surface area contributed by atoms with Crippen LogP contribution in [0.5, 0.6) is 11.5 Å². The van der Waals surface area contributed by atoms with Gasteiger partial charge in [-0.05, 0) is 38.0 Å². The molecule has 88 valence electrons. The van der Waals surface area contributed by atoms with Crippen molar-refractivity contribution >= 4 is 11.6 Å². The van der Waals surface area contributed by atoms with Crippen LogP contribution in [0.2, 0.25) is 5.02 Å². The first-order valence-electron chi connectivity index (χ1n) is 5.29. The summed E-state index contributed by atoms with van der Waals surface area (Å²) in [6.45, 7) is 6.93. The molecule has 0 fully saturated rings. The Labute approximate surface area is 100 Å². The standard InChI is InChI=1S/C12H16ClNO2/c1-7-6-8-11(16-5-4-15-8)10(13)9(7)12(2,3)14/h6H,4-5,14H2,1-3H3. The van der Waals surface area contributed by atoms with Crippen molar-refractivity contribution in [2.45, 2.75) is 26.3 Å². The Morgan fingerprint density at radius 1 is 1.31 bits per heavy atom. The van der Waals surface area contributed by atoms with Crippen LogP contribution in [-0.4, -0.2) is 13.2 Å². The minimum absolute atomic E-state index is 0.489. The van der Waals surface area contributed by atoms with Gasteiger partial charge in [-0.2, -0.15) is 0 Å². The first-order chi connectivity index (χ1) is 7.41. The van der Waals surface area contributed by atoms with E-state index in [4.69, 9.17) is 26.8 Å². The van der Waals surface area contributed by atoms with Crippen molar-refractivity contribution in [2.75, 3.05) is 13.2 Å². The number of nitrogens with two attached hydrogens (primary N) is 1. The predicted molar refractivity (Wildman–Crippen MR) is 64.4 cm³/mol. The van der Waals surface area contributed by atoms with Crippen LogP contribution in [0.1, 0.15) is 25.0 Å². The zero-order valence-electron chi connectivity index (χ0n) is 9.76. The molecule has 0 aliphatic carbocycles. The number of benzene rings is 1. The van der Waals surface area contributed by atoms with Crippen molar-refractivity contribution in [3.8, 4) is 11.5 Å². The molecule has 1 aliphatic heterocycles. The monoisotopic (exact) mass is 241 g/mol. The molecule has 4 heteroatoms. The Kier molecular flexibility index (Phi) is 2.76. The Hall–Kier alpha value is -0.930. The molecule has 16 heavy (non-hydrogen) atoms. The van der Waals surface area contributed by atoms with E-state index in [1.165, 1.54) is 0 Å². The SMILES string of the molecule is Cc1cc2c(c(Cl)c1C(C)(C)N)OCCO2. The van der Waals surface area contributed by atoms with Crippen molar-refractivity contribution < 1.29 is 9.47 Å². The van der Waals surface area contributed by atoms with Gasteiger partial charge in [0.25, 0.3) is 0 Å². The average molecular weight is 242 g/mol. The Morgan fingerprint density at radius 3 is 2.56 bits per heavy atom. The van der Waals surface area contributed by atoms with Gasteiger partial charge in [-0.25, -0.2) is 0 Å². The second-order valence-electron chi connectivity index (χ2n) is 4.63. The number of fused-ring (bicyclic) bond motifs is 1. The number of hydrogen-bond donors (Lipinski definition) is 1. The lowest BCUT2D eigenvalue weighted by atomic mass is 9.91. The molecule has 0 saturated carbocycles. The largest absolute Gasteiger partial charge is 0.486 e. The fourth-order valence-electron chi connectivity index (χ4n) is 2.06. The quantitative estimate of drug-likeness (QED) is 0.822. The van der Waals surface area contributed by atoms with Crippen LogP contribution in [0.3, 0.4) is 0 Å². The first-order valence-corrected chi connectivity index (χ1v) is 5.67. The van der Waals surface area contributed by atoms with Crippen molar-refractivity contribution in [3.63, 3.8) is 0 Å². The molecular weight excluding hydrogens is 226 g/mol. The van der Waals surface area contributed by atoms with Gasteiger partial charge in [0.15, 0.2) is 11.5 Å². The van der Waals surface area contributed by atoms with Gasteiger partial charge in [-0.3, -0.25) is 0 Å². The molecule has 2 N–H and O–H groups in total. The summed E-state index contributed by atoms with van der Waals surface area (Å²) in [7, 11) is 0. The highest BCUT2D eigenvalue weighted by Gasteiger charge is 2.27. The number of hydrogen-bond acceptors (Lipinski definition) is 3. The summed E-state index contributed by atoms with van der Waals surface area (Å²) in [6.07, 6.45) is 0. The first kappa shape index (κ1) is 11.6. The maximum Gasteiger partial charge on any atom is 0.180 e.